The van der Waals surface area contributed by atoms with Gasteiger partial charge in [0.2, 0.25) is 0 Å². The average molecular weight is 1460 g/mol. The normalized spacial score (nSPS) is 10.4. The van der Waals surface area contributed by atoms with Gasteiger partial charge in [-0.25, -0.2) is 44.9 Å². The van der Waals surface area contributed by atoms with Crippen molar-refractivity contribution in [1.82, 2.24) is 44.9 Å². The van der Waals surface area contributed by atoms with E-state index in [0.717, 1.165) is 100 Å². The van der Waals surface area contributed by atoms with E-state index < -0.39 is 0 Å². The quantitative estimate of drug-likeness (QED) is 0.0980. The van der Waals surface area contributed by atoms with Crippen LogP contribution in [0.25, 0.3) is 158 Å². The van der Waals surface area contributed by atoms with E-state index >= 15 is 0 Å². The largest absolute Gasteiger partial charge is 0.208 e. The molecule has 17 aromatic rings. The summed E-state index contributed by atoms with van der Waals surface area (Å²) in [6, 6.07) is 127. The van der Waals surface area contributed by atoms with Crippen LogP contribution in [0, 0.1) is 68.0 Å². The maximum absolute atomic E-state index is 9.86. The van der Waals surface area contributed by atoms with Gasteiger partial charge in [0.05, 0.1) is 69.8 Å². The average Bonchev–Trinajstić information content (AvgIpc) is 0.805. The summed E-state index contributed by atoms with van der Waals surface area (Å²) in [6.45, 7) is 0. The zero-order valence-corrected chi connectivity index (χ0v) is 60.8. The highest BCUT2D eigenvalue weighted by Gasteiger charge is 2.19. The summed E-state index contributed by atoms with van der Waals surface area (Å²) in [5.74, 6) is 5.02. The lowest BCUT2D eigenvalue weighted by molar-refractivity contribution is 1.07. The van der Waals surface area contributed by atoms with Crippen LogP contribution < -0.4 is 0 Å². The molecule has 0 saturated carbocycles. The lowest BCUT2D eigenvalue weighted by Gasteiger charge is -2.11. The molecule has 17 rings (SSSR count). The number of hydrogen-bond acceptors (Lipinski definition) is 15. The molecule has 15 heteroatoms. The first-order valence-electron chi connectivity index (χ1n) is 36.1. The zero-order valence-electron chi connectivity index (χ0n) is 60.8. The molecule has 3 aromatic heterocycles. The molecule has 0 unspecified atom stereocenters. The minimum Gasteiger partial charge on any atom is -0.208 e. The molecule has 0 spiro atoms. The molecule has 14 aromatic carbocycles. The van der Waals surface area contributed by atoms with Crippen LogP contribution >= 0.6 is 0 Å². The Kier molecular flexibility index (Phi) is 21.8. The summed E-state index contributed by atoms with van der Waals surface area (Å²) in [6.07, 6.45) is 0. The van der Waals surface area contributed by atoms with E-state index in [0.29, 0.717) is 91.4 Å². The molecular weight excluding hydrogens is 1400 g/mol. The molecule has 3 heterocycles. The van der Waals surface area contributed by atoms with Gasteiger partial charge in [0, 0.05) is 50.1 Å². The van der Waals surface area contributed by atoms with Crippen LogP contribution in [-0.4, -0.2) is 44.9 Å². The van der Waals surface area contributed by atoms with Gasteiger partial charge in [-0.3, -0.25) is 0 Å². The smallest absolute Gasteiger partial charge is 0.164 e. The molecule has 0 saturated heterocycles. The number of benzene rings is 14. The summed E-state index contributed by atoms with van der Waals surface area (Å²) >= 11 is 0. The molecule has 0 radical (unpaired) electrons. The molecule has 0 fully saturated rings. The second-order valence-electron chi connectivity index (χ2n) is 26.1. The fraction of sp³-hybridized carbons (Fsp3) is 0. The standard InChI is InChI=1S/2C35H21N5.C29H17N5/c36-22-24-8-7-13-30(18-24)26-14-16-27(17-15-26)31-19-25(23-37)20-32(21-31)35-39-33(28-9-3-1-4-10-28)38-34(40-35)29-11-5-2-6-12-29;36-22-24-8-7-13-30(18-24)32-20-25(23-37)19-31(21-32)26-14-16-29(17-15-26)35-39-33(27-9-3-1-4-10-27)38-34(40-35)28-11-5-2-6-12-28;30-18-20-8-7-13-24(14-20)25-15-21(19-31)16-26(17-25)29-33-27(22-9-3-1-4-10-22)32-28(34-29)23-11-5-2-6-12-23/h2*1-21H;1-17H. The molecule has 0 N–H and O–H groups in total. The number of nitriles is 6. The molecule has 114 heavy (non-hydrogen) atoms. The Balaban J connectivity index is 0.000000135. The van der Waals surface area contributed by atoms with Crippen LogP contribution in [-0.2, 0) is 0 Å². The predicted octanol–water partition coefficient (Wildman–Crippen LogP) is 22.2. The van der Waals surface area contributed by atoms with Gasteiger partial charge in [-0.1, -0.05) is 267 Å². The van der Waals surface area contributed by atoms with Gasteiger partial charge in [0.25, 0.3) is 0 Å². The Morgan fingerprint density at radius 3 is 0.518 bits per heavy atom. The van der Waals surface area contributed by atoms with Gasteiger partial charge < -0.3 is 0 Å². The van der Waals surface area contributed by atoms with Crippen molar-refractivity contribution >= 4 is 0 Å². The monoisotopic (exact) mass is 1460 g/mol. The van der Waals surface area contributed by atoms with Gasteiger partial charge in [0.15, 0.2) is 52.4 Å². The maximum atomic E-state index is 9.86. The molecule has 0 atom stereocenters. The lowest BCUT2D eigenvalue weighted by atomic mass is 9.95. The Hall–Kier alpha value is -17.0. The Morgan fingerprint density at radius 2 is 0.281 bits per heavy atom. The van der Waals surface area contributed by atoms with Crippen molar-refractivity contribution in [3.8, 4) is 195 Å². The van der Waals surface area contributed by atoms with E-state index in [2.05, 4.69) is 36.4 Å². The van der Waals surface area contributed by atoms with Gasteiger partial charge in [-0.2, -0.15) is 31.6 Å². The summed E-state index contributed by atoms with van der Waals surface area (Å²) in [5.41, 5.74) is 20.1. The Morgan fingerprint density at radius 1 is 0.123 bits per heavy atom. The molecule has 0 aliphatic rings. The van der Waals surface area contributed by atoms with Gasteiger partial charge in [-0.15, -0.1) is 0 Å². The van der Waals surface area contributed by atoms with E-state index in [9.17, 15) is 31.6 Å². The van der Waals surface area contributed by atoms with Crippen LogP contribution in [0.2, 0.25) is 0 Å². The van der Waals surface area contributed by atoms with Crippen LogP contribution in [0.4, 0.5) is 0 Å². The molecular formula is C99H59N15. The van der Waals surface area contributed by atoms with Gasteiger partial charge in [-0.05, 0) is 147 Å². The van der Waals surface area contributed by atoms with E-state index in [4.69, 9.17) is 44.9 Å². The van der Waals surface area contributed by atoms with Crippen molar-refractivity contribution in [3.05, 3.63) is 391 Å². The van der Waals surface area contributed by atoms with Crippen molar-refractivity contribution in [2.75, 3.05) is 0 Å². The molecule has 0 aliphatic heterocycles. The SMILES string of the molecule is N#Cc1cccc(-c2cc(C#N)cc(-c3ccc(-c4nc(-c5ccccc5)nc(-c5ccccc5)n4)cc3)c2)c1.N#Cc1cccc(-c2cc(C#N)cc(-c3nc(-c4ccccc4)nc(-c4ccccc4)n3)c2)c1.N#Cc1cccc(-c2ccc(-c3cc(C#N)cc(-c4nc(-c5ccccc5)nc(-c5ccccc5)n4)c3)cc2)c1. The fourth-order valence-electron chi connectivity index (χ4n) is 12.8. The number of hydrogen-bond donors (Lipinski definition) is 0. The predicted molar refractivity (Wildman–Crippen MR) is 444 cm³/mol. The number of rotatable bonds is 14. The third-order valence-electron chi connectivity index (χ3n) is 18.5. The topological polar surface area (TPSA) is 259 Å². The van der Waals surface area contributed by atoms with E-state index in [1.165, 1.54) is 0 Å². The summed E-state index contributed by atoms with van der Waals surface area (Å²) in [7, 11) is 0. The highest BCUT2D eigenvalue weighted by atomic mass is 15.1. The van der Waals surface area contributed by atoms with E-state index in [-0.39, 0.29) is 0 Å². The van der Waals surface area contributed by atoms with Crippen LogP contribution in [0.5, 0.6) is 0 Å². The Bertz CT molecular complexity index is 6470. The second-order valence-corrected chi connectivity index (χ2v) is 26.1. The van der Waals surface area contributed by atoms with Crippen molar-refractivity contribution < 1.29 is 0 Å². The third kappa shape index (κ3) is 17.2. The van der Waals surface area contributed by atoms with Crippen molar-refractivity contribution in [2.24, 2.45) is 0 Å². The first-order chi connectivity index (χ1) is 56.1. The van der Waals surface area contributed by atoms with Crippen LogP contribution in [0.3, 0.4) is 0 Å². The molecule has 0 bridgehead atoms. The molecule has 0 amide bonds. The van der Waals surface area contributed by atoms with Crippen LogP contribution in [0.1, 0.15) is 33.4 Å². The van der Waals surface area contributed by atoms with Gasteiger partial charge in [0.1, 0.15) is 0 Å². The van der Waals surface area contributed by atoms with E-state index in [1.54, 1.807) is 36.4 Å². The zero-order chi connectivity index (χ0) is 78.0. The first kappa shape index (κ1) is 72.6. The number of aromatic nitrogens is 9. The molecule has 530 valence electrons. The van der Waals surface area contributed by atoms with Crippen molar-refractivity contribution in [1.29, 1.82) is 31.6 Å². The summed E-state index contributed by atoms with van der Waals surface area (Å²) in [5, 5.41) is 57.1. The highest BCUT2D eigenvalue weighted by Crippen LogP contribution is 2.36. The van der Waals surface area contributed by atoms with Crippen molar-refractivity contribution in [2.45, 2.75) is 0 Å². The van der Waals surface area contributed by atoms with Gasteiger partial charge >= 0.3 is 0 Å². The van der Waals surface area contributed by atoms with Crippen molar-refractivity contribution in [3.63, 3.8) is 0 Å². The summed E-state index contributed by atoms with van der Waals surface area (Å²) < 4.78 is 0. The first-order valence-corrected chi connectivity index (χ1v) is 36.1. The van der Waals surface area contributed by atoms with Crippen LogP contribution in [0.15, 0.2) is 358 Å². The highest BCUT2D eigenvalue weighted by molar-refractivity contribution is 5.81. The second kappa shape index (κ2) is 34.3. The molecule has 15 nitrogen and oxygen atoms in total. The van der Waals surface area contributed by atoms with E-state index in [1.807, 2.05) is 322 Å². The fourth-order valence-corrected chi connectivity index (χ4v) is 12.8. The minimum absolute atomic E-state index is 0.475. The Labute approximate surface area is 658 Å². The maximum Gasteiger partial charge on any atom is 0.164 e. The third-order valence-corrected chi connectivity index (χ3v) is 18.5. The number of nitrogens with zero attached hydrogens (tertiary/aromatic N) is 15. The summed E-state index contributed by atoms with van der Waals surface area (Å²) in [4.78, 5) is 43.0. The molecule has 0 aliphatic carbocycles. The lowest BCUT2D eigenvalue weighted by Crippen LogP contribution is -2.00. The minimum atomic E-state index is 0.475.